The summed E-state index contributed by atoms with van der Waals surface area (Å²) in [5, 5.41) is 7.58. The van der Waals surface area contributed by atoms with Gasteiger partial charge in [0.25, 0.3) is 0 Å². The van der Waals surface area contributed by atoms with Gasteiger partial charge in [-0.3, -0.25) is 0 Å². The van der Waals surface area contributed by atoms with E-state index in [1.54, 1.807) is 13.1 Å². The van der Waals surface area contributed by atoms with Crippen LogP contribution >= 0.6 is 0 Å². The Morgan fingerprint density at radius 2 is 2.00 bits per heavy atom. The molecule has 21 heavy (non-hydrogen) atoms. The van der Waals surface area contributed by atoms with E-state index in [9.17, 15) is 8.78 Å². The van der Waals surface area contributed by atoms with Crippen LogP contribution < -0.4 is 10.5 Å². The van der Waals surface area contributed by atoms with E-state index in [0.717, 1.165) is 0 Å². The van der Waals surface area contributed by atoms with Crippen molar-refractivity contribution < 1.29 is 13.5 Å². The molecule has 108 valence electrons. The lowest BCUT2D eigenvalue weighted by Crippen LogP contribution is -1.97. The lowest BCUT2D eigenvalue weighted by atomic mass is 10.2. The second-order valence-corrected chi connectivity index (χ2v) is 4.68. The Morgan fingerprint density at radius 3 is 2.76 bits per heavy atom. The Bertz CT molecular complexity index is 845. The second-order valence-electron chi connectivity index (χ2n) is 4.68. The summed E-state index contributed by atoms with van der Waals surface area (Å²) in [7, 11) is 1.60. The highest BCUT2D eigenvalue weighted by atomic mass is 19.1. The van der Waals surface area contributed by atoms with Crippen molar-refractivity contribution in [2.24, 2.45) is 7.05 Å². The van der Waals surface area contributed by atoms with Gasteiger partial charge in [0.15, 0.2) is 11.6 Å². The van der Waals surface area contributed by atoms with Crippen molar-refractivity contribution in [1.29, 1.82) is 0 Å². The number of anilines is 1. The highest BCUT2D eigenvalue weighted by Gasteiger charge is 2.13. The normalized spacial score (nSPS) is 11.0. The first kappa shape index (κ1) is 13.3. The van der Waals surface area contributed by atoms with Crippen molar-refractivity contribution in [2.45, 2.75) is 6.92 Å². The molecule has 0 radical (unpaired) electrons. The third-order valence-electron chi connectivity index (χ3n) is 3.22. The van der Waals surface area contributed by atoms with Crippen molar-refractivity contribution in [2.75, 3.05) is 5.73 Å². The quantitative estimate of drug-likeness (QED) is 0.737. The van der Waals surface area contributed by atoms with Gasteiger partial charge in [0.05, 0.1) is 5.69 Å². The number of benzene rings is 2. The predicted molar refractivity (Wildman–Crippen MR) is 74.1 cm³/mol. The van der Waals surface area contributed by atoms with Crippen LogP contribution in [-0.4, -0.2) is 15.0 Å². The Balaban J connectivity index is 2.04. The number of ether oxygens (including phenoxy) is 1. The molecule has 1 aromatic heterocycles. The molecular weight excluding hydrogens is 278 g/mol. The predicted octanol–water partition coefficient (Wildman–Crippen LogP) is 2.93. The Kier molecular flexibility index (Phi) is 2.97. The summed E-state index contributed by atoms with van der Waals surface area (Å²) in [4.78, 5) is 0. The number of hydrogen-bond acceptors (Lipinski definition) is 4. The summed E-state index contributed by atoms with van der Waals surface area (Å²) in [6.45, 7) is 1.54. The average molecular weight is 290 g/mol. The maximum atomic E-state index is 14.0. The van der Waals surface area contributed by atoms with E-state index in [0.29, 0.717) is 5.52 Å². The number of nitrogens with two attached hydrogens (primary N) is 1. The van der Waals surface area contributed by atoms with Crippen LogP contribution in [0.4, 0.5) is 14.5 Å². The number of aromatic nitrogens is 3. The molecule has 3 rings (SSSR count). The van der Waals surface area contributed by atoms with Gasteiger partial charge in [0.1, 0.15) is 22.5 Å². The van der Waals surface area contributed by atoms with Crippen LogP contribution in [0, 0.1) is 18.6 Å². The zero-order valence-corrected chi connectivity index (χ0v) is 11.4. The summed E-state index contributed by atoms with van der Waals surface area (Å²) in [5.74, 6) is -0.575. The minimum absolute atomic E-state index is 0.0374. The molecule has 0 fully saturated rings. The SMILES string of the molecule is Cc1c(Oc2cc(F)c3c(c2)nnn3C)ccc(N)c1F. The lowest BCUT2D eigenvalue weighted by molar-refractivity contribution is 0.468. The van der Waals surface area contributed by atoms with Gasteiger partial charge in [0.2, 0.25) is 0 Å². The molecule has 0 aliphatic rings. The van der Waals surface area contributed by atoms with Crippen LogP contribution in [0.1, 0.15) is 5.56 Å². The maximum absolute atomic E-state index is 14.0. The van der Waals surface area contributed by atoms with Gasteiger partial charge in [-0.2, -0.15) is 0 Å². The number of aryl methyl sites for hydroxylation is 1. The summed E-state index contributed by atoms with van der Waals surface area (Å²) in [6.07, 6.45) is 0. The molecular formula is C14H12F2N4O. The molecule has 1 heterocycles. The zero-order valence-electron chi connectivity index (χ0n) is 11.4. The highest BCUT2D eigenvalue weighted by molar-refractivity contribution is 5.76. The zero-order chi connectivity index (χ0) is 15.1. The fourth-order valence-electron chi connectivity index (χ4n) is 2.10. The largest absolute Gasteiger partial charge is 0.457 e. The summed E-state index contributed by atoms with van der Waals surface area (Å²) < 4.78 is 34.6. The smallest absolute Gasteiger partial charge is 0.154 e. The fraction of sp³-hybridized carbons (Fsp3) is 0.143. The fourth-order valence-corrected chi connectivity index (χ4v) is 2.10. The van der Waals surface area contributed by atoms with Gasteiger partial charge in [0, 0.05) is 24.7 Å². The lowest BCUT2D eigenvalue weighted by Gasteiger charge is -2.10. The number of halogens is 2. The van der Waals surface area contributed by atoms with Gasteiger partial charge in [-0.05, 0) is 19.1 Å². The average Bonchev–Trinajstić information content (AvgIpc) is 2.81. The van der Waals surface area contributed by atoms with E-state index >= 15 is 0 Å². The van der Waals surface area contributed by atoms with Crippen molar-refractivity contribution >= 4 is 16.7 Å². The maximum Gasteiger partial charge on any atom is 0.154 e. The molecule has 0 spiro atoms. The summed E-state index contributed by atoms with van der Waals surface area (Å²) >= 11 is 0. The topological polar surface area (TPSA) is 66.0 Å². The minimum atomic E-state index is -0.548. The molecule has 0 bridgehead atoms. The molecule has 2 N–H and O–H groups in total. The Morgan fingerprint density at radius 1 is 1.24 bits per heavy atom. The molecule has 3 aromatic rings. The van der Waals surface area contributed by atoms with Crippen LogP contribution in [0.5, 0.6) is 11.5 Å². The summed E-state index contributed by atoms with van der Waals surface area (Å²) in [6, 6.07) is 5.68. The van der Waals surface area contributed by atoms with Crippen molar-refractivity contribution in [3.8, 4) is 11.5 Å². The number of fused-ring (bicyclic) bond motifs is 1. The first-order valence-electron chi connectivity index (χ1n) is 6.18. The van der Waals surface area contributed by atoms with E-state index in [1.165, 1.54) is 29.8 Å². The molecule has 5 nitrogen and oxygen atoms in total. The van der Waals surface area contributed by atoms with E-state index in [-0.39, 0.29) is 28.3 Å². The second kappa shape index (κ2) is 4.69. The molecule has 0 unspecified atom stereocenters. The van der Waals surface area contributed by atoms with Gasteiger partial charge in [-0.15, -0.1) is 5.10 Å². The van der Waals surface area contributed by atoms with Gasteiger partial charge >= 0.3 is 0 Å². The highest BCUT2D eigenvalue weighted by Crippen LogP contribution is 2.31. The van der Waals surface area contributed by atoms with E-state index in [1.807, 2.05) is 0 Å². The van der Waals surface area contributed by atoms with Crippen LogP contribution in [-0.2, 0) is 7.05 Å². The van der Waals surface area contributed by atoms with Gasteiger partial charge in [-0.25, -0.2) is 13.5 Å². The molecule has 0 atom stereocenters. The molecule has 0 amide bonds. The number of rotatable bonds is 2. The van der Waals surface area contributed by atoms with Gasteiger partial charge in [-0.1, -0.05) is 5.21 Å². The molecule has 0 aliphatic carbocycles. The van der Waals surface area contributed by atoms with E-state index in [2.05, 4.69) is 10.3 Å². The first-order chi connectivity index (χ1) is 9.97. The van der Waals surface area contributed by atoms with Crippen molar-refractivity contribution in [3.05, 3.63) is 41.5 Å². The van der Waals surface area contributed by atoms with Crippen LogP contribution in [0.3, 0.4) is 0 Å². The Hall–Kier alpha value is -2.70. The summed E-state index contributed by atoms with van der Waals surface area (Å²) in [5.41, 5.74) is 6.41. The molecule has 0 aliphatic heterocycles. The minimum Gasteiger partial charge on any atom is -0.457 e. The third-order valence-corrected chi connectivity index (χ3v) is 3.22. The molecule has 0 saturated heterocycles. The van der Waals surface area contributed by atoms with Crippen LogP contribution in [0.15, 0.2) is 24.3 Å². The monoisotopic (exact) mass is 290 g/mol. The first-order valence-corrected chi connectivity index (χ1v) is 6.18. The standard InChI is InChI=1S/C14H12F2N4O/c1-7-12(4-3-10(17)13(7)16)21-8-5-9(15)14-11(6-8)18-19-20(14)2/h3-6H,17H2,1-2H3. The number of hydrogen-bond donors (Lipinski definition) is 1. The van der Waals surface area contributed by atoms with Crippen molar-refractivity contribution in [3.63, 3.8) is 0 Å². The van der Waals surface area contributed by atoms with Crippen LogP contribution in [0.2, 0.25) is 0 Å². The van der Waals surface area contributed by atoms with Gasteiger partial charge < -0.3 is 10.5 Å². The van der Waals surface area contributed by atoms with Crippen LogP contribution in [0.25, 0.3) is 11.0 Å². The van der Waals surface area contributed by atoms with Crippen molar-refractivity contribution in [1.82, 2.24) is 15.0 Å². The van der Waals surface area contributed by atoms with E-state index in [4.69, 9.17) is 10.5 Å². The van der Waals surface area contributed by atoms with E-state index < -0.39 is 11.6 Å². The number of nitrogen functional groups attached to an aromatic ring is 1. The molecule has 0 saturated carbocycles. The third kappa shape index (κ3) is 2.16. The molecule has 2 aromatic carbocycles. The Labute approximate surface area is 118 Å². The molecule has 7 heteroatoms. The number of nitrogens with zero attached hydrogens (tertiary/aromatic N) is 3.